The van der Waals surface area contributed by atoms with Crippen LogP contribution in [0.4, 0.5) is 0 Å². The first kappa shape index (κ1) is 14.7. The molecule has 20 heavy (non-hydrogen) atoms. The predicted molar refractivity (Wildman–Crippen MR) is 84.6 cm³/mol. The Bertz CT molecular complexity index is 365. The summed E-state index contributed by atoms with van der Waals surface area (Å²) >= 11 is 1.95. The highest BCUT2D eigenvalue weighted by atomic mass is 32.2. The summed E-state index contributed by atoms with van der Waals surface area (Å²) in [6.07, 6.45) is 12.3. The van der Waals surface area contributed by atoms with Crippen molar-refractivity contribution in [3.8, 4) is 0 Å². The van der Waals surface area contributed by atoms with Gasteiger partial charge in [-0.2, -0.15) is 11.8 Å². The minimum absolute atomic E-state index is 0.0937. The molecule has 0 aromatic carbocycles. The molecular formula is C16H28N2OS. The van der Waals surface area contributed by atoms with E-state index in [-0.39, 0.29) is 22.6 Å². The predicted octanol–water partition coefficient (Wildman–Crippen LogP) is 2.54. The van der Waals surface area contributed by atoms with E-state index in [0.717, 1.165) is 6.54 Å². The van der Waals surface area contributed by atoms with Gasteiger partial charge in [-0.1, -0.05) is 19.3 Å². The Labute approximate surface area is 126 Å². The standard InChI is InChI=1S/C16H28N2OS/c1-20-16(7-3-2-4-8-16)10-18-15(19)13-11-5-6-12(9-11)14(13)17/h11-14H,2-10,17H2,1H3,(H,18,19). The lowest BCUT2D eigenvalue weighted by Crippen LogP contribution is -2.49. The third-order valence-corrected chi connectivity index (χ3v) is 7.48. The Hall–Kier alpha value is -0.220. The van der Waals surface area contributed by atoms with Gasteiger partial charge in [-0.15, -0.1) is 0 Å². The van der Waals surface area contributed by atoms with Crippen LogP contribution in [-0.2, 0) is 4.79 Å². The molecular weight excluding hydrogens is 268 g/mol. The monoisotopic (exact) mass is 296 g/mol. The van der Waals surface area contributed by atoms with E-state index >= 15 is 0 Å². The molecule has 114 valence electrons. The molecule has 0 saturated heterocycles. The Morgan fingerprint density at radius 1 is 1.25 bits per heavy atom. The van der Waals surface area contributed by atoms with Crippen molar-refractivity contribution in [2.24, 2.45) is 23.5 Å². The van der Waals surface area contributed by atoms with Gasteiger partial charge in [0.2, 0.25) is 5.91 Å². The molecule has 3 aliphatic rings. The van der Waals surface area contributed by atoms with Gasteiger partial charge in [0.05, 0.1) is 5.92 Å². The van der Waals surface area contributed by atoms with E-state index in [1.54, 1.807) is 0 Å². The van der Waals surface area contributed by atoms with Crippen molar-refractivity contribution in [3.63, 3.8) is 0 Å². The van der Waals surface area contributed by atoms with Crippen LogP contribution in [0.3, 0.4) is 0 Å². The number of hydrogen-bond donors (Lipinski definition) is 2. The maximum Gasteiger partial charge on any atom is 0.225 e. The zero-order valence-electron chi connectivity index (χ0n) is 12.6. The van der Waals surface area contributed by atoms with Crippen molar-refractivity contribution >= 4 is 17.7 Å². The molecule has 3 aliphatic carbocycles. The molecule has 0 heterocycles. The molecule has 0 aromatic rings. The highest BCUT2D eigenvalue weighted by Crippen LogP contribution is 2.47. The van der Waals surface area contributed by atoms with Crippen molar-refractivity contribution < 1.29 is 4.79 Å². The fourth-order valence-corrected chi connectivity index (χ4v) is 5.65. The van der Waals surface area contributed by atoms with E-state index < -0.39 is 0 Å². The summed E-state index contributed by atoms with van der Waals surface area (Å²) in [5.41, 5.74) is 6.27. The topological polar surface area (TPSA) is 55.1 Å². The number of nitrogens with two attached hydrogens (primary N) is 1. The minimum Gasteiger partial charge on any atom is -0.354 e. The molecule has 4 unspecified atom stereocenters. The second-order valence-corrected chi connectivity index (χ2v) is 8.38. The van der Waals surface area contributed by atoms with Gasteiger partial charge >= 0.3 is 0 Å². The molecule has 1 amide bonds. The highest BCUT2D eigenvalue weighted by molar-refractivity contribution is 8.00. The van der Waals surface area contributed by atoms with E-state index in [9.17, 15) is 4.79 Å². The SMILES string of the molecule is CSC1(CNC(=O)C2C3CCC(C3)C2N)CCCCC1. The average molecular weight is 296 g/mol. The number of hydrogen-bond acceptors (Lipinski definition) is 3. The molecule has 0 aromatic heterocycles. The number of rotatable bonds is 4. The first-order valence-electron chi connectivity index (χ1n) is 8.24. The summed E-state index contributed by atoms with van der Waals surface area (Å²) < 4.78 is 0.287. The molecule has 0 radical (unpaired) electrons. The molecule has 3 N–H and O–H groups in total. The first-order chi connectivity index (χ1) is 9.65. The van der Waals surface area contributed by atoms with E-state index in [4.69, 9.17) is 5.73 Å². The summed E-state index contributed by atoms with van der Waals surface area (Å²) in [6, 6.07) is 0.116. The van der Waals surface area contributed by atoms with Crippen LogP contribution >= 0.6 is 11.8 Å². The van der Waals surface area contributed by atoms with Crippen LogP contribution in [0.15, 0.2) is 0 Å². The summed E-state index contributed by atoms with van der Waals surface area (Å²) in [5, 5.41) is 3.26. The second kappa shape index (κ2) is 5.88. The Morgan fingerprint density at radius 2 is 1.95 bits per heavy atom. The molecule has 0 spiro atoms. The number of amides is 1. The van der Waals surface area contributed by atoms with Gasteiger partial charge in [0.25, 0.3) is 0 Å². The zero-order valence-corrected chi connectivity index (χ0v) is 13.4. The van der Waals surface area contributed by atoms with E-state index in [1.807, 2.05) is 11.8 Å². The van der Waals surface area contributed by atoms with E-state index in [0.29, 0.717) is 11.8 Å². The molecule has 4 heteroatoms. The maximum atomic E-state index is 12.5. The Balaban J connectivity index is 1.56. The fourth-order valence-electron chi connectivity index (χ4n) is 4.74. The molecule has 4 atom stereocenters. The molecule has 3 fully saturated rings. The highest BCUT2D eigenvalue weighted by Gasteiger charge is 2.49. The molecule has 3 nitrogen and oxygen atoms in total. The molecule has 3 rings (SSSR count). The van der Waals surface area contributed by atoms with E-state index in [2.05, 4.69) is 11.6 Å². The largest absolute Gasteiger partial charge is 0.354 e. The Morgan fingerprint density at radius 3 is 2.55 bits per heavy atom. The second-order valence-electron chi connectivity index (χ2n) is 7.10. The smallest absolute Gasteiger partial charge is 0.225 e. The van der Waals surface area contributed by atoms with Gasteiger partial charge in [0, 0.05) is 17.3 Å². The van der Waals surface area contributed by atoms with Crippen molar-refractivity contribution in [2.45, 2.75) is 62.2 Å². The third kappa shape index (κ3) is 2.61. The molecule has 2 bridgehead atoms. The van der Waals surface area contributed by atoms with Crippen molar-refractivity contribution in [3.05, 3.63) is 0 Å². The summed E-state index contributed by atoms with van der Waals surface area (Å²) in [7, 11) is 0. The van der Waals surface area contributed by atoms with Crippen LogP contribution in [0, 0.1) is 17.8 Å². The van der Waals surface area contributed by atoms with E-state index in [1.165, 1.54) is 51.4 Å². The van der Waals surface area contributed by atoms with Crippen molar-refractivity contribution in [1.82, 2.24) is 5.32 Å². The fraction of sp³-hybridized carbons (Fsp3) is 0.938. The van der Waals surface area contributed by atoms with Gasteiger partial charge < -0.3 is 11.1 Å². The number of fused-ring (bicyclic) bond motifs is 2. The van der Waals surface area contributed by atoms with Gasteiger partial charge in [-0.3, -0.25) is 4.79 Å². The minimum atomic E-state index is 0.0937. The summed E-state index contributed by atoms with van der Waals surface area (Å²) in [4.78, 5) is 12.5. The van der Waals surface area contributed by atoms with Crippen molar-refractivity contribution in [2.75, 3.05) is 12.8 Å². The number of carbonyl (C=O) groups is 1. The maximum absolute atomic E-state index is 12.5. The van der Waals surface area contributed by atoms with Crippen LogP contribution in [0.5, 0.6) is 0 Å². The lowest BCUT2D eigenvalue weighted by atomic mass is 9.83. The lowest BCUT2D eigenvalue weighted by Gasteiger charge is -2.37. The third-order valence-electron chi connectivity index (χ3n) is 6.07. The lowest BCUT2D eigenvalue weighted by molar-refractivity contribution is -0.127. The van der Waals surface area contributed by atoms with Crippen molar-refractivity contribution in [1.29, 1.82) is 0 Å². The first-order valence-corrected chi connectivity index (χ1v) is 9.46. The molecule has 0 aliphatic heterocycles. The summed E-state index contributed by atoms with van der Waals surface area (Å²) in [5.74, 6) is 1.51. The number of thioether (sulfide) groups is 1. The van der Waals surface area contributed by atoms with Gasteiger partial charge in [-0.05, 0) is 50.2 Å². The van der Waals surface area contributed by atoms with Crippen LogP contribution in [0.1, 0.15) is 51.4 Å². The average Bonchev–Trinajstić information content (AvgIpc) is 3.07. The number of carbonyl (C=O) groups excluding carboxylic acids is 1. The van der Waals surface area contributed by atoms with Gasteiger partial charge in [0.15, 0.2) is 0 Å². The normalized spacial score (nSPS) is 38.9. The number of nitrogens with one attached hydrogen (secondary N) is 1. The Kier molecular flexibility index (Phi) is 4.32. The van der Waals surface area contributed by atoms with Crippen LogP contribution in [0.25, 0.3) is 0 Å². The molecule has 3 saturated carbocycles. The van der Waals surface area contributed by atoms with Crippen LogP contribution in [0.2, 0.25) is 0 Å². The van der Waals surface area contributed by atoms with Crippen LogP contribution in [-0.4, -0.2) is 29.5 Å². The summed E-state index contributed by atoms with van der Waals surface area (Å²) in [6.45, 7) is 0.841. The quantitative estimate of drug-likeness (QED) is 0.838. The van der Waals surface area contributed by atoms with Gasteiger partial charge in [0.1, 0.15) is 0 Å². The van der Waals surface area contributed by atoms with Gasteiger partial charge in [-0.25, -0.2) is 0 Å². The van der Waals surface area contributed by atoms with Crippen LogP contribution < -0.4 is 11.1 Å². The zero-order chi connectivity index (χ0) is 14.2.